The van der Waals surface area contributed by atoms with Crippen molar-refractivity contribution < 1.29 is 28.7 Å². The Hall–Kier alpha value is -5.32. The van der Waals surface area contributed by atoms with Crippen LogP contribution in [0.2, 0.25) is 0 Å². The monoisotopic (exact) mass is 614 g/mol. The number of ether oxygens (including phenoxy) is 2. The van der Waals surface area contributed by atoms with Crippen LogP contribution in [0.1, 0.15) is 23.2 Å². The van der Waals surface area contributed by atoms with Crippen LogP contribution in [0, 0.1) is 11.8 Å². The number of fused-ring (bicyclic) bond motifs is 5. The van der Waals surface area contributed by atoms with Crippen LogP contribution in [0.15, 0.2) is 109 Å². The lowest BCUT2D eigenvalue weighted by Gasteiger charge is -2.36. The number of nitrogens with zero attached hydrogens (tertiary/aromatic N) is 4. The number of carbonyl (C=O) groups excluding carboxylic acids is 4. The molecule has 10 nitrogen and oxygen atoms in total. The Morgan fingerprint density at radius 2 is 0.783 bits per heavy atom. The van der Waals surface area contributed by atoms with Crippen molar-refractivity contribution in [2.75, 3.05) is 24.0 Å². The molecule has 4 heterocycles. The summed E-state index contributed by atoms with van der Waals surface area (Å²) in [6.07, 6.45) is 0. The predicted octanol–water partition coefficient (Wildman–Crippen LogP) is 4.15. The third kappa shape index (κ3) is 3.77. The smallest absolute Gasteiger partial charge is 0.253 e. The van der Waals surface area contributed by atoms with Gasteiger partial charge in [-0.3, -0.25) is 19.2 Å². The first-order valence-electron chi connectivity index (χ1n) is 15.2. The van der Waals surface area contributed by atoms with Crippen molar-refractivity contribution in [1.82, 2.24) is 10.0 Å². The van der Waals surface area contributed by atoms with Crippen LogP contribution >= 0.6 is 0 Å². The van der Waals surface area contributed by atoms with Crippen LogP contribution in [-0.4, -0.2) is 59.9 Å². The molecule has 4 aliphatic rings. The van der Waals surface area contributed by atoms with E-state index in [0.29, 0.717) is 34.0 Å². The Balaban J connectivity index is 1.37. The fourth-order valence-electron chi connectivity index (χ4n) is 7.93. The van der Waals surface area contributed by atoms with Crippen LogP contribution < -0.4 is 19.3 Å². The van der Waals surface area contributed by atoms with E-state index in [1.165, 1.54) is 9.80 Å². The molecule has 4 saturated heterocycles. The predicted molar refractivity (Wildman–Crippen MR) is 168 cm³/mol. The SMILES string of the molecule is COc1ccccc1[C@H]1[C@H]2C(=O)N(c3ccccc3)C(=O)[C@@H]2N2[C@@H](c3ccccc3OC)[C@@H]3C(=O)N(c4ccccc4)C(=O)[C@H]3N12. The number of anilines is 2. The molecule has 0 radical (unpaired) electrons. The number of imide groups is 2. The van der Waals surface area contributed by atoms with Crippen molar-refractivity contribution in [2.24, 2.45) is 11.8 Å². The van der Waals surface area contributed by atoms with E-state index in [1.54, 1.807) is 74.9 Å². The molecule has 0 bridgehead atoms. The second kappa shape index (κ2) is 10.6. The van der Waals surface area contributed by atoms with Gasteiger partial charge in [-0.25, -0.2) is 19.8 Å². The van der Waals surface area contributed by atoms with Gasteiger partial charge in [0.1, 0.15) is 23.6 Å². The molecule has 0 unspecified atom stereocenters. The molecule has 46 heavy (non-hydrogen) atoms. The number of amides is 4. The summed E-state index contributed by atoms with van der Waals surface area (Å²) in [5, 5.41) is 3.66. The summed E-state index contributed by atoms with van der Waals surface area (Å²) in [4.78, 5) is 60.7. The molecule has 4 aliphatic heterocycles. The normalized spacial score (nSPS) is 27.3. The number of hydrazine groups is 1. The number of carbonyl (C=O) groups is 4. The Bertz CT molecular complexity index is 1750. The third-order valence-corrected chi connectivity index (χ3v) is 9.67. The Kier molecular flexibility index (Phi) is 6.52. The van der Waals surface area contributed by atoms with E-state index in [-0.39, 0.29) is 11.8 Å². The number of hydrogen-bond donors (Lipinski definition) is 0. The van der Waals surface area contributed by atoms with Gasteiger partial charge in [-0.15, -0.1) is 0 Å². The first-order valence-corrected chi connectivity index (χ1v) is 15.2. The minimum absolute atomic E-state index is 0.376. The molecule has 230 valence electrons. The van der Waals surface area contributed by atoms with E-state index in [1.807, 2.05) is 58.5 Å². The van der Waals surface area contributed by atoms with Crippen molar-refractivity contribution in [3.63, 3.8) is 0 Å². The highest BCUT2D eigenvalue weighted by molar-refractivity contribution is 6.26. The fourth-order valence-corrected chi connectivity index (χ4v) is 7.93. The highest BCUT2D eigenvalue weighted by atomic mass is 16.5. The largest absolute Gasteiger partial charge is 0.496 e. The average Bonchev–Trinajstić information content (AvgIpc) is 3.76. The van der Waals surface area contributed by atoms with Crippen LogP contribution in [0.4, 0.5) is 11.4 Å². The van der Waals surface area contributed by atoms with Gasteiger partial charge in [0.05, 0.1) is 49.5 Å². The molecule has 4 fully saturated rings. The number of hydrogen-bond acceptors (Lipinski definition) is 8. The minimum atomic E-state index is -0.992. The van der Waals surface area contributed by atoms with E-state index in [0.717, 1.165) is 0 Å². The molecular formula is C36H30N4O6. The van der Waals surface area contributed by atoms with Crippen molar-refractivity contribution in [1.29, 1.82) is 0 Å². The first-order chi connectivity index (χ1) is 22.5. The van der Waals surface area contributed by atoms with E-state index in [4.69, 9.17) is 9.47 Å². The highest BCUT2D eigenvalue weighted by Crippen LogP contribution is 2.61. The quantitative estimate of drug-likeness (QED) is 0.299. The maximum absolute atomic E-state index is 14.6. The fraction of sp³-hybridized carbons (Fsp3) is 0.222. The molecular weight excluding hydrogens is 584 g/mol. The van der Waals surface area contributed by atoms with Gasteiger partial charge >= 0.3 is 0 Å². The van der Waals surface area contributed by atoms with E-state index < -0.39 is 47.8 Å². The molecule has 0 aliphatic carbocycles. The van der Waals surface area contributed by atoms with Crippen LogP contribution in [0.3, 0.4) is 0 Å². The van der Waals surface area contributed by atoms with E-state index in [2.05, 4.69) is 0 Å². The van der Waals surface area contributed by atoms with E-state index >= 15 is 0 Å². The number of para-hydroxylation sites is 4. The van der Waals surface area contributed by atoms with Gasteiger partial charge in [-0.2, -0.15) is 0 Å². The lowest BCUT2D eigenvalue weighted by molar-refractivity contribution is -0.136. The maximum Gasteiger partial charge on any atom is 0.253 e. The lowest BCUT2D eigenvalue weighted by atomic mass is 9.83. The van der Waals surface area contributed by atoms with Crippen molar-refractivity contribution >= 4 is 35.0 Å². The summed E-state index contributed by atoms with van der Waals surface area (Å²) in [6.45, 7) is 0. The zero-order chi connectivity index (χ0) is 31.7. The molecule has 8 rings (SSSR count). The first kappa shape index (κ1) is 28.2. The molecule has 0 aromatic heterocycles. The molecule has 10 heteroatoms. The molecule has 0 spiro atoms. The molecule has 4 aromatic rings. The van der Waals surface area contributed by atoms with Crippen molar-refractivity contribution in [3.8, 4) is 11.5 Å². The third-order valence-electron chi connectivity index (χ3n) is 9.67. The zero-order valence-electron chi connectivity index (χ0n) is 25.1. The number of rotatable bonds is 6. The van der Waals surface area contributed by atoms with Gasteiger partial charge in [0.15, 0.2) is 0 Å². The molecule has 4 amide bonds. The highest BCUT2D eigenvalue weighted by Gasteiger charge is 2.74. The Morgan fingerprint density at radius 1 is 0.435 bits per heavy atom. The lowest BCUT2D eigenvalue weighted by Crippen LogP contribution is -2.50. The van der Waals surface area contributed by atoms with Gasteiger partial charge in [0.2, 0.25) is 11.8 Å². The van der Waals surface area contributed by atoms with Gasteiger partial charge < -0.3 is 9.47 Å². The number of methoxy groups -OCH3 is 2. The summed E-state index contributed by atoms with van der Waals surface area (Å²) in [5.74, 6) is -2.34. The summed E-state index contributed by atoms with van der Waals surface area (Å²) in [7, 11) is 3.10. The average molecular weight is 615 g/mol. The standard InChI is InChI=1S/C36H30N4O6/c1-45-25-19-11-9-17-23(25)29-27-31(35(43)37(33(27)41)21-13-5-3-6-14-21)40-30(24-18-10-12-20-26(24)46-2)28-32(39(29)40)36(44)38(34(28)42)22-15-7-4-8-16-22/h3-20,27-32H,1-2H3/t27-,28+,29-,30-,31-,32+/m0/s1. The van der Waals surface area contributed by atoms with Crippen molar-refractivity contribution in [3.05, 3.63) is 120 Å². The Morgan fingerprint density at radius 3 is 1.15 bits per heavy atom. The van der Waals surface area contributed by atoms with Gasteiger partial charge in [-0.1, -0.05) is 72.8 Å². The topological polar surface area (TPSA) is 99.7 Å². The number of benzene rings is 4. The summed E-state index contributed by atoms with van der Waals surface area (Å²) in [6, 6.07) is 28.8. The van der Waals surface area contributed by atoms with Crippen LogP contribution in [0.5, 0.6) is 11.5 Å². The second-order valence-electron chi connectivity index (χ2n) is 11.8. The van der Waals surface area contributed by atoms with Crippen molar-refractivity contribution in [2.45, 2.75) is 24.2 Å². The maximum atomic E-state index is 14.6. The van der Waals surface area contributed by atoms with Crippen LogP contribution in [0.25, 0.3) is 0 Å². The summed E-state index contributed by atoms with van der Waals surface area (Å²) in [5.41, 5.74) is 2.23. The molecule has 4 aromatic carbocycles. The minimum Gasteiger partial charge on any atom is -0.496 e. The molecule has 0 N–H and O–H groups in total. The van der Waals surface area contributed by atoms with Gasteiger partial charge in [-0.05, 0) is 36.4 Å². The van der Waals surface area contributed by atoms with E-state index in [9.17, 15) is 19.2 Å². The summed E-state index contributed by atoms with van der Waals surface area (Å²) >= 11 is 0. The molecule has 0 saturated carbocycles. The second-order valence-corrected chi connectivity index (χ2v) is 11.8. The van der Waals surface area contributed by atoms with Crippen LogP contribution in [-0.2, 0) is 19.2 Å². The van der Waals surface area contributed by atoms with Gasteiger partial charge in [0, 0.05) is 11.1 Å². The zero-order valence-corrected chi connectivity index (χ0v) is 25.1. The summed E-state index contributed by atoms with van der Waals surface area (Å²) < 4.78 is 11.6. The molecule has 6 atom stereocenters. The van der Waals surface area contributed by atoms with Gasteiger partial charge in [0.25, 0.3) is 11.8 Å². The Labute approximate surface area is 265 Å².